The number of rotatable bonds is 1. The molecule has 0 saturated heterocycles. The van der Waals surface area contributed by atoms with Crippen molar-refractivity contribution in [3.8, 4) is 17.2 Å². The molecule has 0 fully saturated rings. The normalized spacial score (nSPS) is 11.0. The van der Waals surface area contributed by atoms with Crippen LogP contribution < -0.4 is 10.2 Å². The molecule has 1 aromatic heterocycles. The first kappa shape index (κ1) is 11.4. The zero-order chi connectivity index (χ0) is 13.6. The van der Waals surface area contributed by atoms with Gasteiger partial charge in [-0.25, -0.2) is 0 Å². The summed E-state index contributed by atoms with van der Waals surface area (Å²) in [5.41, 5.74) is -0.143. The Morgan fingerprint density at radius 1 is 1.16 bits per heavy atom. The van der Waals surface area contributed by atoms with E-state index >= 15 is 0 Å². The maximum Gasteiger partial charge on any atom is 0.204 e. The number of ether oxygens (including phenoxy) is 1. The molecule has 0 aliphatic rings. The summed E-state index contributed by atoms with van der Waals surface area (Å²) >= 11 is 0. The molecule has 0 unspecified atom stereocenters. The molecule has 0 atom stereocenters. The van der Waals surface area contributed by atoms with Crippen molar-refractivity contribution in [3.63, 3.8) is 0 Å². The van der Waals surface area contributed by atoms with Crippen molar-refractivity contribution in [1.82, 2.24) is 0 Å². The van der Waals surface area contributed by atoms with Crippen molar-refractivity contribution < 1.29 is 19.4 Å². The zero-order valence-electron chi connectivity index (χ0n) is 10.0. The second kappa shape index (κ2) is 3.91. The van der Waals surface area contributed by atoms with Crippen LogP contribution in [0.4, 0.5) is 0 Å². The predicted octanol–water partition coefficient (Wildman–Crippen LogP) is 2.37. The van der Waals surface area contributed by atoms with Gasteiger partial charge in [-0.3, -0.25) is 4.79 Å². The molecule has 96 valence electrons. The topological polar surface area (TPSA) is 79.9 Å². The monoisotopic (exact) mass is 258 g/mol. The molecular formula is C14H10O5. The van der Waals surface area contributed by atoms with Gasteiger partial charge in [0.2, 0.25) is 5.43 Å². The van der Waals surface area contributed by atoms with Gasteiger partial charge in [-0.1, -0.05) is 6.07 Å². The minimum absolute atomic E-state index is 0.0684. The van der Waals surface area contributed by atoms with Crippen LogP contribution in [0.2, 0.25) is 0 Å². The van der Waals surface area contributed by atoms with E-state index in [1.165, 1.54) is 31.4 Å². The molecule has 0 aliphatic heterocycles. The number of hydrogen-bond donors (Lipinski definition) is 2. The van der Waals surface area contributed by atoms with E-state index in [2.05, 4.69) is 0 Å². The van der Waals surface area contributed by atoms with Crippen molar-refractivity contribution in [3.05, 3.63) is 40.6 Å². The molecule has 2 aromatic carbocycles. The van der Waals surface area contributed by atoms with E-state index in [0.717, 1.165) is 0 Å². The molecule has 0 saturated carbocycles. The second-order valence-corrected chi connectivity index (χ2v) is 4.10. The lowest BCUT2D eigenvalue weighted by Crippen LogP contribution is -2.02. The smallest absolute Gasteiger partial charge is 0.204 e. The molecule has 19 heavy (non-hydrogen) atoms. The number of fused-ring (bicyclic) bond motifs is 2. The zero-order valence-corrected chi connectivity index (χ0v) is 10.0. The largest absolute Gasteiger partial charge is 0.507 e. The Kier molecular flexibility index (Phi) is 2.35. The third-order valence-corrected chi connectivity index (χ3v) is 2.97. The molecule has 2 N–H and O–H groups in total. The lowest BCUT2D eigenvalue weighted by Gasteiger charge is -2.06. The van der Waals surface area contributed by atoms with Gasteiger partial charge in [0.25, 0.3) is 0 Å². The van der Waals surface area contributed by atoms with E-state index in [9.17, 15) is 15.0 Å². The first-order valence-electron chi connectivity index (χ1n) is 5.57. The van der Waals surface area contributed by atoms with Crippen LogP contribution in [-0.2, 0) is 0 Å². The lowest BCUT2D eigenvalue weighted by molar-refractivity contribution is 0.408. The van der Waals surface area contributed by atoms with Crippen molar-refractivity contribution >= 4 is 21.9 Å². The Bertz CT molecular complexity index is 848. The maximum absolute atomic E-state index is 12.3. The summed E-state index contributed by atoms with van der Waals surface area (Å²) in [5.74, 6) is 0.0232. The number of methoxy groups -OCH3 is 1. The van der Waals surface area contributed by atoms with E-state index < -0.39 is 5.43 Å². The number of phenolic OH excluding ortho intramolecular Hbond substituents is 2. The highest BCUT2D eigenvalue weighted by molar-refractivity contribution is 5.95. The lowest BCUT2D eigenvalue weighted by atomic mass is 10.1. The molecule has 5 heteroatoms. The van der Waals surface area contributed by atoms with E-state index in [1.54, 1.807) is 6.07 Å². The van der Waals surface area contributed by atoms with Crippen LogP contribution in [0.1, 0.15) is 0 Å². The summed E-state index contributed by atoms with van der Waals surface area (Å²) in [5, 5.41) is 19.9. The molecular weight excluding hydrogens is 248 g/mol. The molecule has 0 aliphatic carbocycles. The van der Waals surface area contributed by atoms with Crippen LogP contribution in [0.3, 0.4) is 0 Å². The Morgan fingerprint density at radius 2 is 1.95 bits per heavy atom. The number of benzene rings is 2. The number of aromatic hydroxyl groups is 2. The van der Waals surface area contributed by atoms with Gasteiger partial charge in [0, 0.05) is 12.1 Å². The van der Waals surface area contributed by atoms with Crippen molar-refractivity contribution in [2.45, 2.75) is 0 Å². The SMILES string of the molecule is COc1cc(O)c2c(=O)c3cccc(O)c3oc2c1. The van der Waals surface area contributed by atoms with Crippen molar-refractivity contribution in [2.24, 2.45) is 0 Å². The van der Waals surface area contributed by atoms with Crippen LogP contribution in [0.5, 0.6) is 17.2 Å². The van der Waals surface area contributed by atoms with Gasteiger partial charge in [-0.15, -0.1) is 0 Å². The molecule has 3 rings (SSSR count). The quantitative estimate of drug-likeness (QED) is 0.655. The summed E-state index contributed by atoms with van der Waals surface area (Å²) in [6, 6.07) is 7.33. The fourth-order valence-electron chi connectivity index (χ4n) is 2.06. The van der Waals surface area contributed by atoms with Gasteiger partial charge >= 0.3 is 0 Å². The van der Waals surface area contributed by atoms with E-state index in [4.69, 9.17) is 9.15 Å². The molecule has 5 nitrogen and oxygen atoms in total. The Hall–Kier alpha value is -2.69. The molecule has 3 aromatic rings. The average Bonchev–Trinajstić information content (AvgIpc) is 2.39. The van der Waals surface area contributed by atoms with Crippen LogP contribution in [0.25, 0.3) is 21.9 Å². The number of hydrogen-bond acceptors (Lipinski definition) is 5. The highest BCUT2D eigenvalue weighted by atomic mass is 16.5. The first-order valence-corrected chi connectivity index (χ1v) is 5.57. The summed E-state index contributed by atoms with van der Waals surface area (Å²) in [6.45, 7) is 0. The maximum atomic E-state index is 12.3. The summed E-state index contributed by atoms with van der Waals surface area (Å²) in [6.07, 6.45) is 0. The van der Waals surface area contributed by atoms with Crippen LogP contribution >= 0.6 is 0 Å². The fraction of sp³-hybridized carbons (Fsp3) is 0.0714. The molecule has 0 bridgehead atoms. The molecule has 1 heterocycles. The Labute approximate surface area is 107 Å². The molecule has 0 radical (unpaired) electrons. The van der Waals surface area contributed by atoms with Gasteiger partial charge in [-0.2, -0.15) is 0 Å². The Morgan fingerprint density at radius 3 is 2.68 bits per heavy atom. The highest BCUT2D eigenvalue weighted by Gasteiger charge is 2.14. The standard InChI is InChI=1S/C14H10O5/c1-18-7-5-10(16)12-11(6-7)19-14-8(13(12)17)3-2-4-9(14)15/h2-6,15-16H,1H3. The minimum Gasteiger partial charge on any atom is -0.507 e. The number of para-hydroxylation sites is 1. The Balaban J connectivity index is 2.58. The van der Waals surface area contributed by atoms with Gasteiger partial charge in [-0.05, 0) is 12.1 Å². The van der Waals surface area contributed by atoms with E-state index in [1.807, 2.05) is 0 Å². The average molecular weight is 258 g/mol. The second-order valence-electron chi connectivity index (χ2n) is 4.10. The van der Waals surface area contributed by atoms with E-state index in [0.29, 0.717) is 5.75 Å². The van der Waals surface area contributed by atoms with Gasteiger partial charge in [0.1, 0.15) is 22.5 Å². The summed E-state index contributed by atoms with van der Waals surface area (Å²) in [4.78, 5) is 12.3. The third kappa shape index (κ3) is 1.59. The van der Waals surface area contributed by atoms with E-state index in [-0.39, 0.29) is 33.4 Å². The molecule has 0 spiro atoms. The minimum atomic E-state index is -0.396. The van der Waals surface area contributed by atoms with Crippen LogP contribution in [0, 0.1) is 0 Å². The molecule has 0 amide bonds. The van der Waals surface area contributed by atoms with Crippen molar-refractivity contribution in [2.75, 3.05) is 7.11 Å². The fourth-order valence-corrected chi connectivity index (χ4v) is 2.06. The summed E-state index contributed by atoms with van der Waals surface area (Å²) in [7, 11) is 1.44. The van der Waals surface area contributed by atoms with Crippen LogP contribution in [-0.4, -0.2) is 17.3 Å². The predicted molar refractivity (Wildman–Crippen MR) is 69.9 cm³/mol. The number of phenols is 2. The third-order valence-electron chi connectivity index (χ3n) is 2.97. The first-order chi connectivity index (χ1) is 9.11. The summed E-state index contributed by atoms with van der Waals surface area (Å²) < 4.78 is 10.5. The van der Waals surface area contributed by atoms with Gasteiger partial charge in [0.05, 0.1) is 12.5 Å². The van der Waals surface area contributed by atoms with Gasteiger partial charge in [0.15, 0.2) is 11.3 Å². The van der Waals surface area contributed by atoms with Gasteiger partial charge < -0.3 is 19.4 Å². The highest BCUT2D eigenvalue weighted by Crippen LogP contribution is 2.32. The van der Waals surface area contributed by atoms with Crippen LogP contribution in [0.15, 0.2) is 39.5 Å². The van der Waals surface area contributed by atoms with Crippen molar-refractivity contribution in [1.29, 1.82) is 0 Å².